The molecule has 0 saturated carbocycles. The van der Waals surface area contributed by atoms with Gasteiger partial charge in [0.15, 0.2) is 0 Å². The molecule has 2 fully saturated rings. The van der Waals surface area contributed by atoms with Gasteiger partial charge in [-0.05, 0) is 31.2 Å². The van der Waals surface area contributed by atoms with Crippen molar-refractivity contribution in [3.05, 3.63) is 28.7 Å². The van der Waals surface area contributed by atoms with E-state index in [4.69, 9.17) is 4.74 Å². The Bertz CT molecular complexity index is 841. The fraction of sp³-hybridized carbons (Fsp3) is 0.524. The minimum absolute atomic E-state index is 0.121. The first-order valence-corrected chi connectivity index (χ1v) is 11.4. The van der Waals surface area contributed by atoms with E-state index in [2.05, 4.69) is 26.6 Å². The molecule has 0 unspecified atom stereocenters. The second-order valence-electron chi connectivity index (χ2n) is 7.62. The molecule has 3 rings (SSSR count). The van der Waals surface area contributed by atoms with Gasteiger partial charge >= 0.3 is 6.09 Å². The molecule has 0 aliphatic carbocycles. The van der Waals surface area contributed by atoms with E-state index < -0.39 is 6.04 Å². The third-order valence-corrected chi connectivity index (χ3v) is 5.94. The standard InChI is InChI=1S/C21H28BrN5O5/c1-2-32-21(31)26-11-9-25(10-12-26)14-19(29)27-8-7-23-20(30)17(27)13-18(28)24-16-5-3-15(22)4-6-16/h3-6,17H,2,7-14H2,1H3,(H,23,30)(H,24,28)/t17-/m0/s1. The lowest BCUT2D eigenvalue weighted by molar-refractivity contribution is -0.145. The lowest BCUT2D eigenvalue weighted by atomic mass is 10.1. The highest BCUT2D eigenvalue weighted by molar-refractivity contribution is 9.10. The molecule has 0 radical (unpaired) electrons. The van der Waals surface area contributed by atoms with Crippen LogP contribution in [0.25, 0.3) is 0 Å². The number of hydrogen-bond donors (Lipinski definition) is 2. The minimum Gasteiger partial charge on any atom is -0.450 e. The van der Waals surface area contributed by atoms with E-state index in [-0.39, 0.29) is 36.8 Å². The van der Waals surface area contributed by atoms with Crippen molar-refractivity contribution in [1.82, 2.24) is 20.0 Å². The van der Waals surface area contributed by atoms with Gasteiger partial charge in [0.25, 0.3) is 0 Å². The van der Waals surface area contributed by atoms with Gasteiger partial charge in [-0.15, -0.1) is 0 Å². The van der Waals surface area contributed by atoms with Crippen LogP contribution in [-0.2, 0) is 19.1 Å². The maximum atomic E-state index is 13.0. The molecule has 0 bridgehead atoms. The smallest absolute Gasteiger partial charge is 0.409 e. The Hall–Kier alpha value is -2.66. The predicted octanol–water partition coefficient (Wildman–Crippen LogP) is 0.879. The molecule has 2 heterocycles. The van der Waals surface area contributed by atoms with Crippen LogP contribution < -0.4 is 10.6 Å². The first-order valence-electron chi connectivity index (χ1n) is 10.6. The van der Waals surface area contributed by atoms with Gasteiger partial charge in [0.2, 0.25) is 17.7 Å². The maximum Gasteiger partial charge on any atom is 0.409 e. The number of nitrogens with zero attached hydrogens (tertiary/aromatic N) is 3. The summed E-state index contributed by atoms with van der Waals surface area (Å²) in [7, 11) is 0. The third-order valence-electron chi connectivity index (χ3n) is 5.42. The molecule has 174 valence electrons. The molecule has 2 saturated heterocycles. The molecule has 2 aliphatic heterocycles. The van der Waals surface area contributed by atoms with Gasteiger partial charge in [0.1, 0.15) is 6.04 Å². The highest BCUT2D eigenvalue weighted by Gasteiger charge is 2.35. The summed E-state index contributed by atoms with van der Waals surface area (Å²) in [5.41, 5.74) is 0.617. The van der Waals surface area contributed by atoms with Gasteiger partial charge in [-0.1, -0.05) is 15.9 Å². The van der Waals surface area contributed by atoms with Crippen molar-refractivity contribution in [2.45, 2.75) is 19.4 Å². The molecule has 1 aromatic rings. The lowest BCUT2D eigenvalue weighted by Gasteiger charge is -2.38. The monoisotopic (exact) mass is 509 g/mol. The van der Waals surface area contributed by atoms with Gasteiger partial charge in [-0.2, -0.15) is 0 Å². The van der Waals surface area contributed by atoms with Crippen molar-refractivity contribution in [2.75, 3.05) is 57.7 Å². The summed E-state index contributed by atoms with van der Waals surface area (Å²) >= 11 is 3.34. The zero-order valence-electron chi connectivity index (χ0n) is 18.0. The maximum absolute atomic E-state index is 13.0. The summed E-state index contributed by atoms with van der Waals surface area (Å²) in [5, 5.41) is 5.50. The Morgan fingerprint density at radius 1 is 1.12 bits per heavy atom. The highest BCUT2D eigenvalue weighted by Crippen LogP contribution is 2.16. The number of nitrogens with one attached hydrogen (secondary N) is 2. The zero-order chi connectivity index (χ0) is 23.1. The highest BCUT2D eigenvalue weighted by atomic mass is 79.9. The summed E-state index contributed by atoms with van der Waals surface area (Å²) in [6, 6.07) is 6.26. The zero-order valence-corrected chi connectivity index (χ0v) is 19.6. The van der Waals surface area contributed by atoms with Gasteiger partial charge in [0.05, 0.1) is 19.6 Å². The molecule has 10 nitrogen and oxygen atoms in total. The molecule has 2 aliphatic rings. The Kier molecular flexibility index (Phi) is 8.46. The summed E-state index contributed by atoms with van der Waals surface area (Å²) in [5.74, 6) is -0.871. The van der Waals surface area contributed by atoms with Gasteiger partial charge < -0.3 is 25.2 Å². The molecule has 32 heavy (non-hydrogen) atoms. The average Bonchev–Trinajstić information content (AvgIpc) is 2.77. The predicted molar refractivity (Wildman–Crippen MR) is 121 cm³/mol. The van der Waals surface area contributed by atoms with Crippen molar-refractivity contribution < 1.29 is 23.9 Å². The third kappa shape index (κ3) is 6.42. The van der Waals surface area contributed by atoms with E-state index >= 15 is 0 Å². The Labute approximate surface area is 195 Å². The Morgan fingerprint density at radius 3 is 2.47 bits per heavy atom. The quantitative estimate of drug-likeness (QED) is 0.588. The van der Waals surface area contributed by atoms with Gasteiger partial charge in [0, 0.05) is 49.4 Å². The molecule has 2 N–H and O–H groups in total. The molecule has 11 heteroatoms. The number of anilines is 1. The second kappa shape index (κ2) is 11.3. The molecular formula is C21H28BrN5O5. The normalized spacial score (nSPS) is 19.3. The molecule has 0 aromatic heterocycles. The van der Waals surface area contributed by atoms with Crippen molar-refractivity contribution in [3.8, 4) is 0 Å². The van der Waals surface area contributed by atoms with E-state index in [1.54, 1.807) is 36.1 Å². The van der Waals surface area contributed by atoms with Crippen LogP contribution in [0.3, 0.4) is 0 Å². The fourth-order valence-electron chi connectivity index (χ4n) is 3.72. The number of hydrogen-bond acceptors (Lipinski definition) is 6. The van der Waals surface area contributed by atoms with Crippen LogP contribution in [0.2, 0.25) is 0 Å². The number of piperazine rings is 2. The summed E-state index contributed by atoms with van der Waals surface area (Å²) in [4.78, 5) is 54.8. The van der Waals surface area contributed by atoms with Crippen molar-refractivity contribution >= 4 is 45.4 Å². The number of ether oxygens (including phenoxy) is 1. The molecular weight excluding hydrogens is 482 g/mol. The minimum atomic E-state index is -0.854. The first kappa shape index (κ1) is 24.0. The molecule has 1 aromatic carbocycles. The lowest BCUT2D eigenvalue weighted by Crippen LogP contribution is -2.60. The number of halogens is 1. The largest absolute Gasteiger partial charge is 0.450 e. The fourth-order valence-corrected chi connectivity index (χ4v) is 3.99. The van der Waals surface area contributed by atoms with Crippen molar-refractivity contribution in [2.24, 2.45) is 0 Å². The Balaban J connectivity index is 1.54. The average molecular weight is 510 g/mol. The van der Waals surface area contributed by atoms with Gasteiger partial charge in [-0.25, -0.2) is 4.79 Å². The number of carbonyl (C=O) groups excluding carboxylic acids is 4. The summed E-state index contributed by atoms with van der Waals surface area (Å²) in [6.07, 6.45) is -0.465. The van der Waals surface area contributed by atoms with Crippen LogP contribution in [0, 0.1) is 0 Å². The topological polar surface area (TPSA) is 111 Å². The van der Waals surface area contributed by atoms with Crippen LogP contribution in [0.4, 0.5) is 10.5 Å². The first-order chi connectivity index (χ1) is 15.4. The summed E-state index contributed by atoms with van der Waals surface area (Å²) < 4.78 is 5.90. The van der Waals surface area contributed by atoms with E-state index in [0.29, 0.717) is 51.6 Å². The van der Waals surface area contributed by atoms with Crippen LogP contribution in [0.1, 0.15) is 13.3 Å². The second-order valence-corrected chi connectivity index (χ2v) is 8.53. The Morgan fingerprint density at radius 2 is 1.81 bits per heavy atom. The molecule has 0 spiro atoms. The van der Waals surface area contributed by atoms with E-state index in [1.807, 2.05) is 4.90 Å². The van der Waals surface area contributed by atoms with E-state index in [1.165, 1.54) is 4.90 Å². The van der Waals surface area contributed by atoms with Gasteiger partial charge in [-0.3, -0.25) is 19.3 Å². The summed E-state index contributed by atoms with van der Waals surface area (Å²) in [6.45, 7) is 4.96. The number of amides is 4. The van der Waals surface area contributed by atoms with Crippen LogP contribution >= 0.6 is 15.9 Å². The number of carbonyl (C=O) groups is 4. The van der Waals surface area contributed by atoms with Crippen LogP contribution in [-0.4, -0.2) is 97.0 Å². The van der Waals surface area contributed by atoms with Crippen LogP contribution in [0.15, 0.2) is 28.7 Å². The van der Waals surface area contributed by atoms with Crippen molar-refractivity contribution in [1.29, 1.82) is 0 Å². The van der Waals surface area contributed by atoms with E-state index in [0.717, 1.165) is 4.47 Å². The molecule has 1 atom stereocenters. The number of benzene rings is 1. The number of rotatable bonds is 6. The van der Waals surface area contributed by atoms with Crippen LogP contribution in [0.5, 0.6) is 0 Å². The SMILES string of the molecule is CCOC(=O)N1CCN(CC(=O)N2CCNC(=O)[C@@H]2CC(=O)Nc2ccc(Br)cc2)CC1. The molecule has 4 amide bonds. The van der Waals surface area contributed by atoms with Crippen molar-refractivity contribution in [3.63, 3.8) is 0 Å². The van der Waals surface area contributed by atoms with E-state index in [9.17, 15) is 19.2 Å².